The smallest absolute Gasteiger partial charge is 0.326 e. The second kappa shape index (κ2) is 18.2. The van der Waals surface area contributed by atoms with Gasteiger partial charge in [-0.2, -0.15) is 0 Å². The number of carbonyl (C=O) groups is 5. The van der Waals surface area contributed by atoms with Gasteiger partial charge in [0.05, 0.1) is 6.04 Å². The minimum absolute atomic E-state index is 0.0412. The Hall–Kier alpha value is -4.15. The van der Waals surface area contributed by atoms with Gasteiger partial charge in [-0.25, -0.2) is 4.79 Å². The molecule has 0 heterocycles. The number of nitrogens with one attached hydrogen (secondary N) is 3. The van der Waals surface area contributed by atoms with E-state index in [2.05, 4.69) is 25.9 Å². The Kier molecular flexibility index (Phi) is 16.2. The molecule has 0 bridgehead atoms. The number of carboxylic acid groups (broad SMARTS) is 1. The number of carbonyl (C=O) groups excluding carboxylic acids is 4. The fourth-order valence-corrected chi connectivity index (χ4v) is 3.30. The number of primary amides is 1. The number of hydrogen-bond acceptors (Lipinski definition) is 8. The van der Waals surface area contributed by atoms with E-state index in [4.69, 9.17) is 34.4 Å². The van der Waals surface area contributed by atoms with E-state index >= 15 is 0 Å². The van der Waals surface area contributed by atoms with E-state index in [0.717, 1.165) is 0 Å². The van der Waals surface area contributed by atoms with Crippen LogP contribution in [0.4, 0.5) is 0 Å². The Morgan fingerprint density at radius 1 is 0.718 bits per heavy atom. The molecule has 17 heteroatoms. The summed E-state index contributed by atoms with van der Waals surface area (Å²) >= 11 is 0. The lowest BCUT2D eigenvalue weighted by Crippen LogP contribution is -2.57. The SMILES string of the molecule is CC(C)C(NC(=O)C(CCCN=C(N)N)NC(=O)C(CCC(N)=O)NC(=O)C(N)CCCN=C(N)N)C(=O)O. The Labute approximate surface area is 226 Å². The van der Waals surface area contributed by atoms with Crippen molar-refractivity contribution in [2.45, 2.75) is 76.5 Å². The zero-order chi connectivity index (χ0) is 30.1. The third kappa shape index (κ3) is 15.6. The molecule has 0 aliphatic heterocycles. The van der Waals surface area contributed by atoms with Crippen molar-refractivity contribution in [1.29, 1.82) is 0 Å². The van der Waals surface area contributed by atoms with Crippen LogP contribution < -0.4 is 50.4 Å². The van der Waals surface area contributed by atoms with Crippen molar-refractivity contribution < 1.29 is 29.1 Å². The number of guanidine groups is 2. The highest BCUT2D eigenvalue weighted by Gasteiger charge is 2.31. The summed E-state index contributed by atoms with van der Waals surface area (Å²) in [5.74, 6) is -4.89. The number of amides is 4. The lowest BCUT2D eigenvalue weighted by molar-refractivity contribution is -0.143. The summed E-state index contributed by atoms with van der Waals surface area (Å²) in [6, 6.07) is -4.68. The van der Waals surface area contributed by atoms with Gasteiger partial charge in [-0.05, 0) is 38.0 Å². The quantitative estimate of drug-likeness (QED) is 0.0413. The minimum Gasteiger partial charge on any atom is -0.480 e. The summed E-state index contributed by atoms with van der Waals surface area (Å²) in [4.78, 5) is 69.2. The van der Waals surface area contributed by atoms with Crippen molar-refractivity contribution >= 4 is 41.5 Å². The van der Waals surface area contributed by atoms with Crippen LogP contribution in [-0.2, 0) is 24.0 Å². The highest BCUT2D eigenvalue weighted by atomic mass is 16.4. The maximum atomic E-state index is 13.1. The lowest BCUT2D eigenvalue weighted by atomic mass is 10.0. The fourth-order valence-electron chi connectivity index (χ4n) is 3.30. The van der Waals surface area contributed by atoms with Gasteiger partial charge in [0.15, 0.2) is 11.9 Å². The van der Waals surface area contributed by atoms with Gasteiger partial charge in [0, 0.05) is 19.5 Å². The van der Waals surface area contributed by atoms with Crippen molar-refractivity contribution in [2.24, 2.45) is 50.3 Å². The molecule has 0 spiro atoms. The Morgan fingerprint density at radius 3 is 1.64 bits per heavy atom. The third-order valence-electron chi connectivity index (χ3n) is 5.43. The molecule has 17 nitrogen and oxygen atoms in total. The van der Waals surface area contributed by atoms with Crippen LogP contribution in [0.1, 0.15) is 52.4 Å². The summed E-state index contributed by atoms with van der Waals surface area (Å²) in [6.45, 7) is 3.62. The molecule has 4 atom stereocenters. The average Bonchev–Trinajstić information content (AvgIpc) is 2.83. The van der Waals surface area contributed by atoms with Crippen molar-refractivity contribution in [3.8, 4) is 0 Å². The molecule has 0 aromatic rings. The second-order valence-corrected chi connectivity index (χ2v) is 9.20. The van der Waals surface area contributed by atoms with E-state index in [1.54, 1.807) is 13.8 Å². The number of nitrogens with zero attached hydrogens (tertiary/aromatic N) is 2. The van der Waals surface area contributed by atoms with Gasteiger partial charge in [-0.15, -0.1) is 0 Å². The molecule has 0 aromatic carbocycles. The third-order valence-corrected chi connectivity index (χ3v) is 5.43. The maximum Gasteiger partial charge on any atom is 0.326 e. The summed E-state index contributed by atoms with van der Waals surface area (Å²) < 4.78 is 0. The van der Waals surface area contributed by atoms with Crippen LogP contribution in [0, 0.1) is 5.92 Å². The minimum atomic E-state index is -1.26. The lowest BCUT2D eigenvalue weighted by Gasteiger charge is -2.26. The van der Waals surface area contributed by atoms with Gasteiger partial charge >= 0.3 is 5.97 Å². The predicted octanol–water partition coefficient (Wildman–Crippen LogP) is -4.12. The summed E-state index contributed by atoms with van der Waals surface area (Å²) in [6.07, 6.45) is 0.486. The first-order chi connectivity index (χ1) is 18.1. The second-order valence-electron chi connectivity index (χ2n) is 9.20. The highest BCUT2D eigenvalue weighted by Crippen LogP contribution is 2.07. The number of nitrogens with two attached hydrogens (primary N) is 6. The maximum absolute atomic E-state index is 13.1. The van der Waals surface area contributed by atoms with E-state index in [-0.39, 0.29) is 57.1 Å². The largest absolute Gasteiger partial charge is 0.480 e. The molecular formula is C22H43N11O6. The van der Waals surface area contributed by atoms with E-state index in [0.29, 0.717) is 6.42 Å². The molecule has 0 rings (SSSR count). The number of aliphatic carboxylic acids is 1. The summed E-state index contributed by atoms with van der Waals surface area (Å²) in [7, 11) is 0. The van der Waals surface area contributed by atoms with Gasteiger partial charge in [0.2, 0.25) is 23.6 Å². The Bertz CT molecular complexity index is 901. The fraction of sp³-hybridized carbons (Fsp3) is 0.682. The van der Waals surface area contributed by atoms with E-state index in [1.807, 2.05) is 0 Å². The summed E-state index contributed by atoms with van der Waals surface area (Å²) in [5.41, 5.74) is 32.2. The normalized spacial score (nSPS) is 13.7. The molecular weight excluding hydrogens is 514 g/mol. The number of carboxylic acids is 1. The van der Waals surface area contributed by atoms with Gasteiger partial charge in [0.25, 0.3) is 0 Å². The monoisotopic (exact) mass is 557 g/mol. The summed E-state index contributed by atoms with van der Waals surface area (Å²) in [5, 5.41) is 16.8. The molecule has 16 N–H and O–H groups in total. The first kappa shape index (κ1) is 34.9. The molecule has 0 radical (unpaired) electrons. The standard InChI is InChI=1S/C22H43N11O6/c1-11(2)16(20(38)39)33-19(37)13(6-4-10-30-22(27)28)32-18(36)14(7-8-15(24)34)31-17(35)12(23)5-3-9-29-21(25)26/h11-14,16H,3-10,23H2,1-2H3,(H2,24,34)(H,31,35)(H,32,36)(H,33,37)(H,38,39)(H4,25,26,29)(H4,27,28,30). The van der Waals surface area contributed by atoms with Crippen LogP contribution in [-0.4, -0.2) is 83.9 Å². The van der Waals surface area contributed by atoms with Gasteiger partial charge in [0.1, 0.15) is 18.1 Å². The first-order valence-corrected chi connectivity index (χ1v) is 12.4. The Balaban J connectivity index is 5.62. The van der Waals surface area contributed by atoms with Crippen molar-refractivity contribution in [2.75, 3.05) is 13.1 Å². The molecule has 0 aromatic heterocycles. The van der Waals surface area contributed by atoms with Crippen molar-refractivity contribution in [1.82, 2.24) is 16.0 Å². The van der Waals surface area contributed by atoms with Crippen LogP contribution in [0.3, 0.4) is 0 Å². The van der Waals surface area contributed by atoms with Gasteiger partial charge in [-0.3, -0.25) is 29.2 Å². The van der Waals surface area contributed by atoms with E-state index in [9.17, 15) is 29.1 Å². The molecule has 39 heavy (non-hydrogen) atoms. The molecule has 4 amide bonds. The average molecular weight is 558 g/mol. The van der Waals surface area contributed by atoms with Crippen LogP contribution >= 0.6 is 0 Å². The molecule has 0 saturated heterocycles. The van der Waals surface area contributed by atoms with Crippen LogP contribution in [0.15, 0.2) is 9.98 Å². The Morgan fingerprint density at radius 2 is 1.18 bits per heavy atom. The predicted molar refractivity (Wildman–Crippen MR) is 144 cm³/mol. The van der Waals surface area contributed by atoms with Gasteiger partial charge in [-0.1, -0.05) is 13.8 Å². The highest BCUT2D eigenvalue weighted by molar-refractivity contribution is 5.94. The molecule has 0 fully saturated rings. The zero-order valence-corrected chi connectivity index (χ0v) is 22.4. The molecule has 0 aliphatic carbocycles. The number of rotatable bonds is 19. The van der Waals surface area contributed by atoms with Gasteiger partial charge < -0.3 is 55.5 Å². The zero-order valence-electron chi connectivity index (χ0n) is 22.4. The van der Waals surface area contributed by atoms with E-state index in [1.165, 1.54) is 0 Å². The van der Waals surface area contributed by atoms with Crippen molar-refractivity contribution in [3.05, 3.63) is 0 Å². The molecule has 222 valence electrons. The van der Waals surface area contributed by atoms with Crippen LogP contribution in [0.5, 0.6) is 0 Å². The van der Waals surface area contributed by atoms with Crippen LogP contribution in [0.25, 0.3) is 0 Å². The molecule has 0 aliphatic rings. The number of hydrogen-bond donors (Lipinski definition) is 10. The topological polar surface area (TPSA) is 323 Å². The van der Waals surface area contributed by atoms with Crippen molar-refractivity contribution in [3.63, 3.8) is 0 Å². The molecule has 4 unspecified atom stereocenters. The van der Waals surface area contributed by atoms with E-state index < -0.39 is 59.7 Å². The number of aliphatic imine (C=N–C) groups is 2. The molecule has 0 saturated carbocycles. The van der Waals surface area contributed by atoms with Crippen LogP contribution in [0.2, 0.25) is 0 Å². The first-order valence-electron chi connectivity index (χ1n) is 12.4.